The number of benzene rings is 1. The molecule has 3 rings (SSSR count). The summed E-state index contributed by atoms with van der Waals surface area (Å²) in [4.78, 5) is 0. The van der Waals surface area contributed by atoms with Crippen LogP contribution < -0.4 is 0 Å². The highest BCUT2D eigenvalue weighted by Gasteiger charge is 2.18. The molecule has 17 heavy (non-hydrogen) atoms. The summed E-state index contributed by atoms with van der Waals surface area (Å²) in [5.41, 5.74) is 1.52. The van der Waals surface area contributed by atoms with Gasteiger partial charge in [-0.15, -0.1) is 0 Å². The van der Waals surface area contributed by atoms with Crippen molar-refractivity contribution >= 4 is 11.0 Å². The maximum Gasteiger partial charge on any atom is 0.140 e. The molecule has 0 fully saturated rings. The van der Waals surface area contributed by atoms with Crippen LogP contribution in [0.25, 0.3) is 11.0 Å². The first-order valence-corrected chi connectivity index (χ1v) is 5.46. The van der Waals surface area contributed by atoms with Crippen molar-refractivity contribution in [1.29, 1.82) is 0 Å². The van der Waals surface area contributed by atoms with E-state index in [0.29, 0.717) is 11.5 Å². The molecule has 0 radical (unpaired) electrons. The average Bonchev–Trinajstić information content (AvgIpc) is 2.93. The second kappa shape index (κ2) is 3.79. The monoisotopic (exact) mass is 228 g/mol. The van der Waals surface area contributed by atoms with E-state index in [1.54, 1.807) is 12.3 Å². The smallest absolute Gasteiger partial charge is 0.140 e. The fraction of sp³-hybridized carbons (Fsp3) is 0.143. The van der Waals surface area contributed by atoms with Gasteiger partial charge in [0.05, 0.1) is 6.26 Å². The van der Waals surface area contributed by atoms with E-state index in [0.717, 1.165) is 16.5 Å². The maximum absolute atomic E-state index is 10.2. The Labute approximate surface area is 98.3 Å². The summed E-state index contributed by atoms with van der Waals surface area (Å²) in [7, 11) is 0. The molecule has 2 aromatic heterocycles. The topological polar surface area (TPSA) is 46.5 Å². The second-order valence-corrected chi connectivity index (χ2v) is 4.02. The van der Waals surface area contributed by atoms with Gasteiger partial charge in [0.15, 0.2) is 0 Å². The fourth-order valence-corrected chi connectivity index (χ4v) is 1.97. The summed E-state index contributed by atoms with van der Waals surface area (Å²) in [5, 5.41) is 11.2. The molecule has 3 heteroatoms. The largest absolute Gasteiger partial charge is 0.469 e. The van der Waals surface area contributed by atoms with Crippen molar-refractivity contribution in [3.8, 4) is 0 Å². The molecule has 0 aliphatic heterocycles. The first kappa shape index (κ1) is 10.2. The van der Waals surface area contributed by atoms with Gasteiger partial charge < -0.3 is 13.9 Å². The van der Waals surface area contributed by atoms with Crippen molar-refractivity contribution in [3.63, 3.8) is 0 Å². The van der Waals surface area contributed by atoms with Crippen molar-refractivity contribution in [2.45, 2.75) is 13.0 Å². The van der Waals surface area contributed by atoms with Gasteiger partial charge in [-0.3, -0.25) is 0 Å². The number of furan rings is 2. The van der Waals surface area contributed by atoms with Crippen LogP contribution in [0, 0.1) is 6.92 Å². The minimum Gasteiger partial charge on any atom is -0.469 e. The Hall–Kier alpha value is -2.00. The van der Waals surface area contributed by atoms with Gasteiger partial charge in [0, 0.05) is 10.9 Å². The molecule has 2 heterocycles. The predicted octanol–water partition coefficient (Wildman–Crippen LogP) is 3.42. The minimum absolute atomic E-state index is 0.538. The molecule has 0 amide bonds. The zero-order valence-electron chi connectivity index (χ0n) is 9.38. The summed E-state index contributed by atoms with van der Waals surface area (Å²) in [6.45, 7) is 1.82. The van der Waals surface area contributed by atoms with Crippen molar-refractivity contribution in [1.82, 2.24) is 0 Å². The van der Waals surface area contributed by atoms with Gasteiger partial charge >= 0.3 is 0 Å². The van der Waals surface area contributed by atoms with E-state index in [1.165, 1.54) is 0 Å². The lowest BCUT2D eigenvalue weighted by atomic mass is 10.1. The summed E-state index contributed by atoms with van der Waals surface area (Å²) in [6, 6.07) is 11.3. The number of rotatable bonds is 2. The van der Waals surface area contributed by atoms with Crippen molar-refractivity contribution in [2.75, 3.05) is 0 Å². The minimum atomic E-state index is -0.777. The van der Waals surface area contributed by atoms with Gasteiger partial charge in [-0.25, -0.2) is 0 Å². The van der Waals surface area contributed by atoms with Crippen molar-refractivity contribution in [2.24, 2.45) is 0 Å². The van der Waals surface area contributed by atoms with Crippen LogP contribution >= 0.6 is 0 Å². The van der Waals surface area contributed by atoms with Gasteiger partial charge in [0.1, 0.15) is 23.2 Å². The van der Waals surface area contributed by atoms with Gasteiger partial charge in [-0.1, -0.05) is 18.2 Å². The van der Waals surface area contributed by atoms with E-state index in [1.807, 2.05) is 37.3 Å². The first-order valence-electron chi connectivity index (χ1n) is 5.46. The molecule has 0 saturated carbocycles. The zero-order valence-corrected chi connectivity index (χ0v) is 9.38. The van der Waals surface area contributed by atoms with Crippen LogP contribution in [0.3, 0.4) is 0 Å². The highest BCUT2D eigenvalue weighted by atomic mass is 16.4. The Morgan fingerprint density at radius 2 is 2.00 bits per heavy atom. The van der Waals surface area contributed by atoms with Crippen LogP contribution in [0.1, 0.15) is 23.2 Å². The number of aliphatic hydroxyl groups is 1. The molecule has 1 unspecified atom stereocenters. The summed E-state index contributed by atoms with van der Waals surface area (Å²) < 4.78 is 10.8. The molecule has 0 aliphatic carbocycles. The van der Waals surface area contributed by atoms with E-state index >= 15 is 0 Å². The number of aryl methyl sites for hydroxylation is 1. The molecule has 3 aromatic rings. The molecule has 0 bridgehead atoms. The standard InChI is InChI=1S/C14H12O3/c1-9-11(6-7-16-9)14(15)13-8-10-4-2-3-5-12(10)17-13/h2-8,14-15H,1H3. The third-order valence-corrected chi connectivity index (χ3v) is 2.91. The molecule has 0 saturated heterocycles. The van der Waals surface area contributed by atoms with E-state index in [2.05, 4.69) is 0 Å². The summed E-state index contributed by atoms with van der Waals surface area (Å²) >= 11 is 0. The van der Waals surface area contributed by atoms with Gasteiger partial charge in [-0.2, -0.15) is 0 Å². The van der Waals surface area contributed by atoms with E-state index < -0.39 is 6.10 Å². The van der Waals surface area contributed by atoms with Gasteiger partial charge in [0.25, 0.3) is 0 Å². The summed E-state index contributed by atoms with van der Waals surface area (Å²) in [5.74, 6) is 1.24. The normalized spacial score (nSPS) is 13.1. The van der Waals surface area contributed by atoms with Crippen LogP contribution in [0.2, 0.25) is 0 Å². The Bertz CT molecular complexity index is 615. The Balaban J connectivity index is 2.07. The highest BCUT2D eigenvalue weighted by molar-refractivity contribution is 5.77. The molecular weight excluding hydrogens is 216 g/mol. The number of hydrogen-bond donors (Lipinski definition) is 1. The lowest BCUT2D eigenvalue weighted by Gasteiger charge is -2.05. The van der Waals surface area contributed by atoms with Crippen LogP contribution in [0.15, 0.2) is 51.5 Å². The van der Waals surface area contributed by atoms with Crippen molar-refractivity contribution in [3.05, 3.63) is 59.7 Å². The lowest BCUT2D eigenvalue weighted by Crippen LogP contribution is -1.97. The predicted molar refractivity (Wildman–Crippen MR) is 63.7 cm³/mol. The number of hydrogen-bond acceptors (Lipinski definition) is 3. The molecule has 1 atom stereocenters. The molecule has 0 spiro atoms. The molecule has 1 N–H and O–H groups in total. The Morgan fingerprint density at radius 1 is 1.18 bits per heavy atom. The van der Waals surface area contributed by atoms with Crippen molar-refractivity contribution < 1.29 is 13.9 Å². The number of para-hydroxylation sites is 1. The van der Waals surface area contributed by atoms with E-state index in [9.17, 15) is 5.11 Å². The fourth-order valence-electron chi connectivity index (χ4n) is 1.97. The molecule has 3 nitrogen and oxygen atoms in total. The summed E-state index contributed by atoms with van der Waals surface area (Å²) in [6.07, 6.45) is 0.789. The number of fused-ring (bicyclic) bond motifs is 1. The molecule has 0 aliphatic rings. The average molecular weight is 228 g/mol. The van der Waals surface area contributed by atoms with Crippen LogP contribution in [0.4, 0.5) is 0 Å². The van der Waals surface area contributed by atoms with Crippen LogP contribution in [-0.2, 0) is 0 Å². The third kappa shape index (κ3) is 1.65. The van der Waals surface area contributed by atoms with E-state index in [4.69, 9.17) is 8.83 Å². The second-order valence-electron chi connectivity index (χ2n) is 4.02. The third-order valence-electron chi connectivity index (χ3n) is 2.91. The van der Waals surface area contributed by atoms with Crippen LogP contribution in [0.5, 0.6) is 0 Å². The maximum atomic E-state index is 10.2. The number of aliphatic hydroxyl groups excluding tert-OH is 1. The highest BCUT2D eigenvalue weighted by Crippen LogP contribution is 2.29. The molecule has 86 valence electrons. The van der Waals surface area contributed by atoms with Gasteiger partial charge in [-0.05, 0) is 25.1 Å². The van der Waals surface area contributed by atoms with Crippen LogP contribution in [-0.4, -0.2) is 5.11 Å². The Morgan fingerprint density at radius 3 is 2.71 bits per heavy atom. The molecular formula is C14H12O3. The lowest BCUT2D eigenvalue weighted by molar-refractivity contribution is 0.190. The Kier molecular flexibility index (Phi) is 2.27. The quantitative estimate of drug-likeness (QED) is 0.731. The zero-order chi connectivity index (χ0) is 11.8. The van der Waals surface area contributed by atoms with Gasteiger partial charge in [0.2, 0.25) is 0 Å². The first-order chi connectivity index (χ1) is 8.25. The van der Waals surface area contributed by atoms with E-state index in [-0.39, 0.29) is 0 Å². The molecule has 1 aromatic carbocycles. The SMILES string of the molecule is Cc1occc1C(O)c1cc2ccccc2o1.